The molecule has 0 radical (unpaired) electrons. The molecule has 1 aliphatic rings. The van der Waals surface area contributed by atoms with Crippen LogP contribution in [0.25, 0.3) is 0 Å². The van der Waals surface area contributed by atoms with E-state index in [0.717, 1.165) is 19.1 Å². The van der Waals surface area contributed by atoms with E-state index in [1.807, 2.05) is 0 Å². The molecule has 2 heteroatoms. The maximum Gasteiger partial charge on any atom is 0.0587 e. The van der Waals surface area contributed by atoms with Gasteiger partial charge in [-0.15, -0.1) is 0 Å². The van der Waals surface area contributed by atoms with Crippen molar-refractivity contribution in [2.75, 3.05) is 20.3 Å². The summed E-state index contributed by atoms with van der Waals surface area (Å²) in [6, 6.07) is 0.672. The lowest BCUT2D eigenvalue weighted by atomic mass is 9.81. The average Bonchev–Trinajstić information content (AvgIpc) is 1.98. The molecule has 1 atom stereocenters. The molecule has 0 spiro atoms. The minimum Gasteiger partial charge on any atom is -0.383 e. The van der Waals surface area contributed by atoms with E-state index >= 15 is 0 Å². The Balaban J connectivity index is 1.91. The van der Waals surface area contributed by atoms with E-state index in [9.17, 15) is 0 Å². The fourth-order valence-corrected chi connectivity index (χ4v) is 1.72. The lowest BCUT2D eigenvalue weighted by molar-refractivity contribution is 0.190. The van der Waals surface area contributed by atoms with Gasteiger partial charge in [-0.2, -0.15) is 0 Å². The molecule has 0 heterocycles. The average molecular weight is 171 g/mol. The third-order valence-electron chi connectivity index (χ3n) is 2.71. The van der Waals surface area contributed by atoms with Gasteiger partial charge in [0, 0.05) is 19.7 Å². The van der Waals surface area contributed by atoms with Crippen molar-refractivity contribution in [2.24, 2.45) is 5.92 Å². The number of hydrogen-bond acceptors (Lipinski definition) is 2. The van der Waals surface area contributed by atoms with Gasteiger partial charge >= 0.3 is 0 Å². The molecule has 0 saturated heterocycles. The molecule has 1 unspecified atom stereocenters. The van der Waals surface area contributed by atoms with E-state index in [4.69, 9.17) is 4.74 Å². The number of ether oxygens (including phenoxy) is 1. The second-order valence-corrected chi connectivity index (χ2v) is 3.88. The van der Waals surface area contributed by atoms with Crippen LogP contribution in [0.4, 0.5) is 0 Å². The van der Waals surface area contributed by atoms with E-state index in [1.54, 1.807) is 7.11 Å². The van der Waals surface area contributed by atoms with Crippen LogP contribution in [0.15, 0.2) is 0 Å². The summed E-state index contributed by atoms with van der Waals surface area (Å²) in [6.07, 6.45) is 5.71. The number of methoxy groups -OCH3 is 1. The van der Waals surface area contributed by atoms with Crippen molar-refractivity contribution < 1.29 is 4.74 Å². The van der Waals surface area contributed by atoms with Gasteiger partial charge in [0.2, 0.25) is 0 Å². The first-order valence-corrected chi connectivity index (χ1v) is 5.05. The summed E-state index contributed by atoms with van der Waals surface area (Å²) >= 11 is 0. The molecule has 1 saturated carbocycles. The number of hydrogen-bond donors (Lipinski definition) is 1. The second-order valence-electron chi connectivity index (χ2n) is 3.88. The first-order chi connectivity index (χ1) is 5.83. The highest BCUT2D eigenvalue weighted by Crippen LogP contribution is 2.30. The zero-order valence-electron chi connectivity index (χ0n) is 8.31. The second kappa shape index (κ2) is 5.55. The molecule has 1 N–H and O–H groups in total. The van der Waals surface area contributed by atoms with Crippen LogP contribution in [-0.2, 0) is 4.74 Å². The maximum atomic E-state index is 4.98. The van der Waals surface area contributed by atoms with E-state index < -0.39 is 0 Å². The maximum absolute atomic E-state index is 4.98. The van der Waals surface area contributed by atoms with Gasteiger partial charge < -0.3 is 10.1 Å². The molecule has 12 heavy (non-hydrogen) atoms. The Hall–Kier alpha value is -0.0800. The van der Waals surface area contributed by atoms with Crippen molar-refractivity contribution >= 4 is 0 Å². The highest BCUT2D eigenvalue weighted by Gasteiger charge is 2.19. The monoisotopic (exact) mass is 171 g/mol. The highest BCUT2D eigenvalue weighted by atomic mass is 16.5. The highest BCUT2D eigenvalue weighted by molar-refractivity contribution is 4.74. The van der Waals surface area contributed by atoms with Gasteiger partial charge in [0.25, 0.3) is 0 Å². The molecule has 1 rings (SSSR count). The lowest BCUT2D eigenvalue weighted by Gasteiger charge is -2.28. The molecule has 0 amide bonds. The van der Waals surface area contributed by atoms with Gasteiger partial charge in [0.05, 0.1) is 6.61 Å². The molecular weight excluding hydrogens is 150 g/mol. The zero-order valence-corrected chi connectivity index (χ0v) is 8.31. The van der Waals surface area contributed by atoms with Gasteiger partial charge in [-0.05, 0) is 19.3 Å². The first-order valence-electron chi connectivity index (χ1n) is 5.05. The summed E-state index contributed by atoms with van der Waals surface area (Å²) in [5.74, 6) is 1.01. The van der Waals surface area contributed by atoms with Crippen molar-refractivity contribution in [3.05, 3.63) is 0 Å². The molecule has 1 aliphatic carbocycles. The fourth-order valence-electron chi connectivity index (χ4n) is 1.72. The number of rotatable bonds is 6. The zero-order chi connectivity index (χ0) is 8.81. The van der Waals surface area contributed by atoms with E-state index in [-0.39, 0.29) is 0 Å². The Morgan fingerprint density at radius 1 is 1.50 bits per heavy atom. The van der Waals surface area contributed by atoms with Crippen molar-refractivity contribution in [3.63, 3.8) is 0 Å². The van der Waals surface area contributed by atoms with E-state index in [1.165, 1.54) is 25.7 Å². The molecule has 0 aromatic heterocycles. The summed E-state index contributed by atoms with van der Waals surface area (Å²) in [5.41, 5.74) is 0. The quantitative estimate of drug-likeness (QED) is 0.615. The Labute approximate surface area is 75.7 Å². The molecule has 1 fully saturated rings. The molecule has 72 valence electrons. The number of nitrogens with one attached hydrogen (secondary N) is 1. The van der Waals surface area contributed by atoms with Gasteiger partial charge in [0.15, 0.2) is 0 Å². The van der Waals surface area contributed by atoms with Crippen molar-refractivity contribution in [3.8, 4) is 0 Å². The predicted octanol–water partition coefficient (Wildman–Crippen LogP) is 1.80. The molecule has 0 aromatic carbocycles. The first kappa shape index (κ1) is 10.0. The summed E-state index contributed by atoms with van der Waals surface area (Å²) in [4.78, 5) is 0. The van der Waals surface area contributed by atoms with Crippen LogP contribution in [0.5, 0.6) is 0 Å². The Kier molecular flexibility index (Phi) is 4.62. The summed E-state index contributed by atoms with van der Waals surface area (Å²) in [6.45, 7) is 4.09. The summed E-state index contributed by atoms with van der Waals surface area (Å²) < 4.78 is 4.98. The van der Waals surface area contributed by atoms with Crippen LogP contribution in [0.1, 0.15) is 32.6 Å². The van der Waals surface area contributed by atoms with Gasteiger partial charge in [-0.1, -0.05) is 19.3 Å². The van der Waals surface area contributed by atoms with Gasteiger partial charge in [-0.3, -0.25) is 0 Å². The lowest BCUT2D eigenvalue weighted by Crippen LogP contribution is -2.32. The van der Waals surface area contributed by atoms with E-state index in [2.05, 4.69) is 12.2 Å². The topological polar surface area (TPSA) is 21.3 Å². The predicted molar refractivity (Wildman–Crippen MR) is 51.3 cm³/mol. The Morgan fingerprint density at radius 2 is 2.25 bits per heavy atom. The molecular formula is C10H21NO. The fraction of sp³-hybridized carbons (Fsp3) is 1.00. The van der Waals surface area contributed by atoms with E-state index in [0.29, 0.717) is 6.04 Å². The normalized spacial score (nSPS) is 20.5. The van der Waals surface area contributed by atoms with Crippen LogP contribution in [0.2, 0.25) is 0 Å². The minimum atomic E-state index is 0.672. The van der Waals surface area contributed by atoms with Crippen LogP contribution >= 0.6 is 0 Å². The third kappa shape index (κ3) is 3.55. The third-order valence-corrected chi connectivity index (χ3v) is 2.71. The molecule has 0 aliphatic heterocycles. The SMILES string of the molecule is COCCNC(C)CC1CCC1. The van der Waals surface area contributed by atoms with Crippen molar-refractivity contribution in [1.82, 2.24) is 5.32 Å². The molecule has 0 bridgehead atoms. The smallest absolute Gasteiger partial charge is 0.0587 e. The minimum absolute atomic E-state index is 0.672. The molecule has 2 nitrogen and oxygen atoms in total. The molecule has 0 aromatic rings. The summed E-state index contributed by atoms with van der Waals surface area (Å²) in [5, 5.41) is 3.46. The standard InChI is InChI=1S/C10H21NO/c1-9(11-6-7-12-2)8-10-4-3-5-10/h9-11H,3-8H2,1-2H3. The van der Waals surface area contributed by atoms with Crippen molar-refractivity contribution in [2.45, 2.75) is 38.6 Å². The van der Waals surface area contributed by atoms with Crippen molar-refractivity contribution in [1.29, 1.82) is 0 Å². The Morgan fingerprint density at radius 3 is 2.75 bits per heavy atom. The van der Waals surface area contributed by atoms with Gasteiger partial charge in [-0.25, -0.2) is 0 Å². The van der Waals surface area contributed by atoms with Crippen LogP contribution in [0, 0.1) is 5.92 Å². The van der Waals surface area contributed by atoms with Crippen LogP contribution in [0.3, 0.4) is 0 Å². The van der Waals surface area contributed by atoms with Gasteiger partial charge in [0.1, 0.15) is 0 Å². The van der Waals surface area contributed by atoms with Crippen LogP contribution in [-0.4, -0.2) is 26.3 Å². The summed E-state index contributed by atoms with van der Waals surface area (Å²) in [7, 11) is 1.75. The Bertz CT molecular complexity index is 112. The largest absolute Gasteiger partial charge is 0.383 e. The van der Waals surface area contributed by atoms with Crippen LogP contribution < -0.4 is 5.32 Å².